The van der Waals surface area contributed by atoms with E-state index in [0.717, 1.165) is 25.0 Å². The van der Waals surface area contributed by atoms with Gasteiger partial charge < -0.3 is 10.3 Å². The summed E-state index contributed by atoms with van der Waals surface area (Å²) >= 11 is 0. The molecule has 0 unspecified atom stereocenters. The highest BCUT2D eigenvalue weighted by Gasteiger charge is 2.27. The van der Waals surface area contributed by atoms with Crippen LogP contribution < -0.4 is 10.0 Å². The summed E-state index contributed by atoms with van der Waals surface area (Å²) in [5.41, 5.74) is -1.01. The van der Waals surface area contributed by atoms with Gasteiger partial charge in [-0.3, -0.25) is 9.52 Å². The Labute approximate surface area is 177 Å². The van der Waals surface area contributed by atoms with Gasteiger partial charge in [-0.15, -0.1) is 0 Å². The third-order valence-corrected chi connectivity index (χ3v) is 6.50. The lowest BCUT2D eigenvalue weighted by atomic mass is 10.0. The zero-order valence-corrected chi connectivity index (χ0v) is 17.5. The van der Waals surface area contributed by atoms with Crippen LogP contribution in [0.15, 0.2) is 24.7 Å². The van der Waals surface area contributed by atoms with Crippen LogP contribution in [0.5, 0.6) is 0 Å². The molecule has 3 aromatic rings. The standard InChI is InChI=1S/C20H21F2N5O3S/c1-2-7-31(29,30)27-14-6-5-13(21)16(17(14)22)18(28)12-9-24-20-15(12)19(25-10-26-20)23-8-11-3-4-11/h5-6,9-11,27H,2-4,7-8H2,1H3,(H2,23,24,25,26). The minimum Gasteiger partial charge on any atom is -0.369 e. The predicted octanol–water partition coefficient (Wildman–Crippen LogP) is 3.44. The van der Waals surface area contributed by atoms with Crippen molar-refractivity contribution >= 4 is 38.3 Å². The van der Waals surface area contributed by atoms with Crippen LogP contribution in [0.4, 0.5) is 20.3 Å². The average molecular weight is 449 g/mol. The number of fused-ring (bicyclic) bond motifs is 1. The fourth-order valence-corrected chi connectivity index (χ4v) is 4.43. The highest BCUT2D eigenvalue weighted by molar-refractivity contribution is 7.92. The van der Waals surface area contributed by atoms with Crippen molar-refractivity contribution in [3.05, 3.63) is 47.4 Å². The first-order valence-corrected chi connectivity index (χ1v) is 11.5. The molecule has 0 spiro atoms. The first-order chi connectivity index (χ1) is 14.8. The van der Waals surface area contributed by atoms with Crippen molar-refractivity contribution in [1.82, 2.24) is 15.0 Å². The van der Waals surface area contributed by atoms with Gasteiger partial charge in [0.1, 0.15) is 23.6 Å². The van der Waals surface area contributed by atoms with Gasteiger partial charge in [0, 0.05) is 12.7 Å². The number of nitrogens with zero attached hydrogens (tertiary/aromatic N) is 2. The number of carbonyl (C=O) groups is 1. The van der Waals surface area contributed by atoms with Crippen LogP contribution in [0, 0.1) is 17.6 Å². The summed E-state index contributed by atoms with van der Waals surface area (Å²) in [4.78, 5) is 24.2. The summed E-state index contributed by atoms with van der Waals surface area (Å²) < 4.78 is 55.7. The van der Waals surface area contributed by atoms with Gasteiger partial charge in [0.15, 0.2) is 5.82 Å². The summed E-state index contributed by atoms with van der Waals surface area (Å²) in [6.07, 6.45) is 5.17. The van der Waals surface area contributed by atoms with E-state index in [9.17, 15) is 17.6 Å². The molecule has 11 heteroatoms. The zero-order valence-electron chi connectivity index (χ0n) is 16.7. The van der Waals surface area contributed by atoms with Gasteiger partial charge in [0.2, 0.25) is 15.8 Å². The van der Waals surface area contributed by atoms with E-state index in [-0.39, 0.29) is 11.3 Å². The Morgan fingerprint density at radius 2 is 2.03 bits per heavy atom. The van der Waals surface area contributed by atoms with Crippen molar-refractivity contribution in [2.24, 2.45) is 5.92 Å². The number of benzene rings is 1. The van der Waals surface area contributed by atoms with E-state index >= 15 is 4.39 Å². The number of carbonyl (C=O) groups excluding carboxylic acids is 1. The monoisotopic (exact) mass is 449 g/mol. The van der Waals surface area contributed by atoms with Crippen LogP contribution in [0.3, 0.4) is 0 Å². The summed E-state index contributed by atoms with van der Waals surface area (Å²) in [6.45, 7) is 2.32. The zero-order chi connectivity index (χ0) is 22.2. The lowest BCUT2D eigenvalue weighted by molar-refractivity contribution is 0.103. The van der Waals surface area contributed by atoms with Gasteiger partial charge in [0.05, 0.1) is 28.0 Å². The Morgan fingerprint density at radius 3 is 2.74 bits per heavy atom. The van der Waals surface area contributed by atoms with E-state index in [4.69, 9.17) is 0 Å². The number of H-pyrrole nitrogens is 1. The average Bonchev–Trinajstić information content (AvgIpc) is 3.44. The molecule has 1 aliphatic carbocycles. The van der Waals surface area contributed by atoms with Crippen molar-refractivity contribution in [1.29, 1.82) is 0 Å². The van der Waals surface area contributed by atoms with E-state index in [1.54, 1.807) is 6.92 Å². The fraction of sp³-hybridized carbons (Fsp3) is 0.350. The molecule has 1 aromatic carbocycles. The van der Waals surface area contributed by atoms with Gasteiger partial charge in [-0.2, -0.15) is 0 Å². The van der Waals surface area contributed by atoms with Crippen LogP contribution in [0.2, 0.25) is 0 Å². The molecule has 4 rings (SSSR count). The maximum atomic E-state index is 15.1. The molecule has 1 aliphatic rings. The number of ketones is 1. The van der Waals surface area contributed by atoms with Gasteiger partial charge >= 0.3 is 0 Å². The molecule has 0 bridgehead atoms. The maximum absolute atomic E-state index is 15.1. The number of anilines is 2. The molecule has 0 atom stereocenters. The largest absolute Gasteiger partial charge is 0.369 e. The van der Waals surface area contributed by atoms with Gasteiger partial charge in [-0.1, -0.05) is 6.92 Å². The second-order valence-corrected chi connectivity index (χ2v) is 9.35. The number of aromatic amines is 1. The van der Waals surface area contributed by atoms with Gasteiger partial charge in [-0.05, 0) is 37.3 Å². The van der Waals surface area contributed by atoms with E-state index in [1.165, 1.54) is 12.5 Å². The van der Waals surface area contributed by atoms with Gasteiger partial charge in [0.25, 0.3) is 0 Å². The lowest BCUT2D eigenvalue weighted by Crippen LogP contribution is -2.18. The quantitative estimate of drug-likeness (QED) is 0.431. The molecule has 0 radical (unpaired) electrons. The molecule has 1 fully saturated rings. The lowest BCUT2D eigenvalue weighted by Gasteiger charge is -2.12. The minimum absolute atomic E-state index is 0.0136. The normalized spacial score (nSPS) is 14.0. The molecule has 164 valence electrons. The van der Waals surface area contributed by atoms with E-state index < -0.39 is 38.7 Å². The molecular weight excluding hydrogens is 428 g/mol. The summed E-state index contributed by atoms with van der Waals surface area (Å²) in [5, 5.41) is 3.49. The fourth-order valence-electron chi connectivity index (χ4n) is 3.30. The second-order valence-electron chi connectivity index (χ2n) is 7.51. The van der Waals surface area contributed by atoms with Crippen molar-refractivity contribution in [3.8, 4) is 0 Å². The van der Waals surface area contributed by atoms with Crippen molar-refractivity contribution in [2.75, 3.05) is 22.3 Å². The number of hydrogen-bond donors (Lipinski definition) is 3. The van der Waals surface area contributed by atoms with Crippen molar-refractivity contribution in [3.63, 3.8) is 0 Å². The molecule has 0 amide bonds. The molecule has 2 aromatic heterocycles. The number of halogens is 2. The molecule has 0 saturated heterocycles. The number of sulfonamides is 1. The maximum Gasteiger partial charge on any atom is 0.232 e. The predicted molar refractivity (Wildman–Crippen MR) is 113 cm³/mol. The van der Waals surface area contributed by atoms with Crippen LogP contribution in [-0.4, -0.2) is 41.5 Å². The van der Waals surface area contributed by atoms with Crippen LogP contribution in [-0.2, 0) is 10.0 Å². The van der Waals surface area contributed by atoms with Crippen LogP contribution in [0.25, 0.3) is 11.0 Å². The Kier molecular flexibility index (Phi) is 5.61. The van der Waals surface area contributed by atoms with Crippen molar-refractivity contribution in [2.45, 2.75) is 26.2 Å². The molecule has 31 heavy (non-hydrogen) atoms. The number of nitrogens with one attached hydrogen (secondary N) is 3. The summed E-state index contributed by atoms with van der Waals surface area (Å²) in [5.74, 6) is -2.62. The Morgan fingerprint density at radius 1 is 1.26 bits per heavy atom. The Balaban J connectivity index is 1.74. The van der Waals surface area contributed by atoms with Crippen LogP contribution in [0.1, 0.15) is 42.1 Å². The Bertz CT molecular complexity index is 1260. The second kappa shape index (κ2) is 8.22. The molecule has 8 nitrogen and oxygen atoms in total. The number of hydrogen-bond acceptors (Lipinski definition) is 6. The van der Waals surface area contributed by atoms with Crippen molar-refractivity contribution < 1.29 is 22.0 Å². The summed E-state index contributed by atoms with van der Waals surface area (Å²) in [7, 11) is -3.83. The number of aromatic nitrogens is 3. The molecule has 2 heterocycles. The smallest absolute Gasteiger partial charge is 0.232 e. The molecular formula is C20H21F2N5O3S. The molecule has 1 saturated carbocycles. The third-order valence-electron chi connectivity index (χ3n) is 5.03. The SMILES string of the molecule is CCCS(=O)(=O)Nc1ccc(F)c(C(=O)c2c[nH]c3ncnc(NCC4CC4)c23)c1F. The summed E-state index contributed by atoms with van der Waals surface area (Å²) in [6, 6.07) is 1.81. The topological polar surface area (TPSA) is 117 Å². The highest BCUT2D eigenvalue weighted by Crippen LogP contribution is 2.32. The van der Waals surface area contributed by atoms with Gasteiger partial charge in [-0.25, -0.2) is 27.2 Å². The van der Waals surface area contributed by atoms with E-state index in [1.807, 2.05) is 0 Å². The minimum atomic E-state index is -3.83. The number of rotatable bonds is 9. The molecule has 0 aliphatic heterocycles. The molecule has 3 N–H and O–H groups in total. The van der Waals surface area contributed by atoms with Crippen LogP contribution >= 0.6 is 0 Å². The highest BCUT2D eigenvalue weighted by atomic mass is 32.2. The first kappa shape index (κ1) is 21.2. The third kappa shape index (κ3) is 4.36. The van der Waals surface area contributed by atoms with E-state index in [0.29, 0.717) is 35.7 Å². The van der Waals surface area contributed by atoms with E-state index in [2.05, 4.69) is 25.0 Å². The Hall–Kier alpha value is -3.08. The first-order valence-electron chi connectivity index (χ1n) is 9.90.